The number of nitrogens with zero attached hydrogens (tertiary/aromatic N) is 5. The predicted octanol–water partition coefficient (Wildman–Crippen LogP) is 1.63. The molecule has 0 saturated heterocycles. The number of hydrogen-bond donors (Lipinski definition) is 2. The standard InChI is InChI=1S/C21H20N6O3/c1-25-17-18(23-20(25)24-22-12-15-10-6-7-11-16(15)28)26(2)21(30)27(19(17)29)13-14-8-4-3-5-9-14/h3-12,28H,13H2,1-2H3,(H,23,24)/b22-12+. The fraction of sp³-hybridized carbons (Fsp3) is 0.143. The first-order valence-corrected chi connectivity index (χ1v) is 9.24. The first-order valence-electron chi connectivity index (χ1n) is 9.24. The van der Waals surface area contributed by atoms with Gasteiger partial charge in [0.2, 0.25) is 5.95 Å². The van der Waals surface area contributed by atoms with Crippen LogP contribution in [-0.2, 0) is 20.6 Å². The second-order valence-corrected chi connectivity index (χ2v) is 6.81. The Bertz CT molecular complexity index is 1370. The number of fused-ring (bicyclic) bond motifs is 1. The molecule has 4 rings (SSSR count). The van der Waals surface area contributed by atoms with Crippen molar-refractivity contribution >= 4 is 23.3 Å². The largest absolute Gasteiger partial charge is 0.507 e. The summed E-state index contributed by atoms with van der Waals surface area (Å²) in [6.07, 6.45) is 1.45. The Morgan fingerprint density at radius 2 is 1.73 bits per heavy atom. The molecule has 4 aromatic rings. The fourth-order valence-electron chi connectivity index (χ4n) is 3.21. The Kier molecular flexibility index (Phi) is 4.93. The molecule has 0 unspecified atom stereocenters. The van der Waals surface area contributed by atoms with Crippen LogP contribution < -0.4 is 16.7 Å². The summed E-state index contributed by atoms with van der Waals surface area (Å²) in [5.41, 5.74) is 3.82. The minimum absolute atomic E-state index is 0.0965. The molecule has 0 aliphatic carbocycles. The average molecular weight is 404 g/mol. The molecule has 0 amide bonds. The molecule has 0 aliphatic heterocycles. The lowest BCUT2D eigenvalue weighted by Crippen LogP contribution is -2.39. The topological polar surface area (TPSA) is 106 Å². The van der Waals surface area contributed by atoms with E-state index in [-0.39, 0.29) is 23.5 Å². The molecule has 9 heteroatoms. The Hall–Kier alpha value is -4.14. The van der Waals surface area contributed by atoms with Gasteiger partial charge in [0.15, 0.2) is 11.2 Å². The third kappa shape index (κ3) is 3.37. The molecule has 2 N–H and O–H groups in total. The van der Waals surface area contributed by atoms with Gasteiger partial charge >= 0.3 is 5.69 Å². The monoisotopic (exact) mass is 404 g/mol. The number of anilines is 1. The molecule has 0 fully saturated rings. The number of imidazole rings is 1. The summed E-state index contributed by atoms with van der Waals surface area (Å²) in [5.74, 6) is 0.389. The SMILES string of the molecule is Cn1c(N/N=C/c2ccccc2O)nc2c1c(=O)n(Cc1ccccc1)c(=O)n2C. The third-order valence-corrected chi connectivity index (χ3v) is 4.85. The summed E-state index contributed by atoms with van der Waals surface area (Å²) in [6, 6.07) is 16.1. The number of aromatic nitrogens is 4. The molecule has 152 valence electrons. The van der Waals surface area contributed by atoms with Crippen LogP contribution in [0.2, 0.25) is 0 Å². The van der Waals surface area contributed by atoms with E-state index in [2.05, 4.69) is 15.5 Å². The minimum atomic E-state index is -0.446. The van der Waals surface area contributed by atoms with Gasteiger partial charge in [0, 0.05) is 19.7 Å². The number of phenolic OH excluding ortho intramolecular Hbond substituents is 1. The number of phenols is 1. The number of aryl methyl sites for hydroxylation is 2. The van der Waals surface area contributed by atoms with Gasteiger partial charge in [-0.15, -0.1) is 0 Å². The first-order chi connectivity index (χ1) is 14.5. The zero-order valence-corrected chi connectivity index (χ0v) is 16.5. The van der Waals surface area contributed by atoms with Crippen LogP contribution in [0.25, 0.3) is 11.2 Å². The number of benzene rings is 2. The quantitative estimate of drug-likeness (QED) is 0.388. The van der Waals surface area contributed by atoms with Crippen LogP contribution >= 0.6 is 0 Å². The number of para-hydroxylation sites is 1. The van der Waals surface area contributed by atoms with Gasteiger partial charge in [0.25, 0.3) is 5.56 Å². The molecule has 2 heterocycles. The molecule has 0 aliphatic rings. The highest BCUT2D eigenvalue weighted by Crippen LogP contribution is 2.15. The van der Waals surface area contributed by atoms with E-state index in [0.717, 1.165) is 5.56 Å². The Balaban J connectivity index is 1.74. The number of hydrazone groups is 1. The molecule has 0 spiro atoms. The summed E-state index contributed by atoms with van der Waals surface area (Å²) < 4.78 is 4.09. The zero-order chi connectivity index (χ0) is 21.3. The van der Waals surface area contributed by atoms with Gasteiger partial charge in [-0.25, -0.2) is 10.2 Å². The van der Waals surface area contributed by atoms with Crippen molar-refractivity contribution in [3.63, 3.8) is 0 Å². The van der Waals surface area contributed by atoms with E-state index in [0.29, 0.717) is 11.5 Å². The first kappa shape index (κ1) is 19.2. The maximum atomic E-state index is 13.1. The van der Waals surface area contributed by atoms with Gasteiger partial charge < -0.3 is 9.67 Å². The van der Waals surface area contributed by atoms with E-state index in [4.69, 9.17) is 0 Å². The van der Waals surface area contributed by atoms with E-state index in [1.54, 1.807) is 42.9 Å². The van der Waals surface area contributed by atoms with Crippen molar-refractivity contribution in [1.82, 2.24) is 18.7 Å². The maximum Gasteiger partial charge on any atom is 0.332 e. The summed E-state index contributed by atoms with van der Waals surface area (Å²) in [6.45, 7) is 0.168. The molecule has 2 aromatic carbocycles. The molecular formula is C21H20N6O3. The van der Waals surface area contributed by atoms with Crippen LogP contribution in [0, 0.1) is 0 Å². The number of rotatable bonds is 5. The van der Waals surface area contributed by atoms with Crippen molar-refractivity contribution in [3.8, 4) is 5.75 Å². The fourth-order valence-corrected chi connectivity index (χ4v) is 3.21. The molecule has 0 saturated carbocycles. The number of nitrogens with one attached hydrogen (secondary N) is 1. The van der Waals surface area contributed by atoms with Gasteiger partial charge in [-0.3, -0.25) is 13.9 Å². The van der Waals surface area contributed by atoms with Crippen molar-refractivity contribution in [2.75, 3.05) is 5.43 Å². The van der Waals surface area contributed by atoms with E-state index >= 15 is 0 Å². The Labute approximate surface area is 171 Å². The maximum absolute atomic E-state index is 13.1. The molecule has 0 atom stereocenters. The van der Waals surface area contributed by atoms with E-state index in [1.165, 1.54) is 15.3 Å². The van der Waals surface area contributed by atoms with Crippen LogP contribution in [0.15, 0.2) is 69.3 Å². The van der Waals surface area contributed by atoms with Crippen molar-refractivity contribution in [2.45, 2.75) is 6.54 Å². The number of aromatic hydroxyl groups is 1. The van der Waals surface area contributed by atoms with Crippen molar-refractivity contribution < 1.29 is 5.11 Å². The second kappa shape index (κ2) is 7.70. The second-order valence-electron chi connectivity index (χ2n) is 6.81. The smallest absolute Gasteiger partial charge is 0.332 e. The van der Waals surface area contributed by atoms with Gasteiger partial charge in [-0.2, -0.15) is 10.1 Å². The van der Waals surface area contributed by atoms with Crippen LogP contribution in [-0.4, -0.2) is 30.0 Å². The van der Waals surface area contributed by atoms with Crippen molar-refractivity contribution in [2.24, 2.45) is 19.2 Å². The molecule has 0 bridgehead atoms. The van der Waals surface area contributed by atoms with Gasteiger partial charge in [-0.1, -0.05) is 42.5 Å². The molecule has 9 nitrogen and oxygen atoms in total. The Morgan fingerprint density at radius 1 is 1.03 bits per heavy atom. The molecular weight excluding hydrogens is 384 g/mol. The van der Waals surface area contributed by atoms with Crippen LogP contribution in [0.4, 0.5) is 5.95 Å². The lowest BCUT2D eigenvalue weighted by molar-refractivity contribution is 0.474. The predicted molar refractivity (Wildman–Crippen MR) is 115 cm³/mol. The van der Waals surface area contributed by atoms with E-state index < -0.39 is 11.2 Å². The highest BCUT2D eigenvalue weighted by molar-refractivity contribution is 5.83. The highest BCUT2D eigenvalue weighted by atomic mass is 16.3. The zero-order valence-electron chi connectivity index (χ0n) is 16.5. The lowest BCUT2D eigenvalue weighted by atomic mass is 10.2. The lowest BCUT2D eigenvalue weighted by Gasteiger charge is -2.08. The molecule has 2 aromatic heterocycles. The summed E-state index contributed by atoms with van der Waals surface area (Å²) >= 11 is 0. The van der Waals surface area contributed by atoms with Gasteiger partial charge in [-0.05, 0) is 17.7 Å². The van der Waals surface area contributed by atoms with E-state index in [1.807, 2.05) is 30.3 Å². The summed E-state index contributed by atoms with van der Waals surface area (Å²) in [4.78, 5) is 30.2. The minimum Gasteiger partial charge on any atom is -0.507 e. The van der Waals surface area contributed by atoms with E-state index in [9.17, 15) is 14.7 Å². The molecule has 0 radical (unpaired) electrons. The van der Waals surface area contributed by atoms with Gasteiger partial charge in [0.05, 0.1) is 12.8 Å². The number of hydrogen-bond acceptors (Lipinski definition) is 6. The van der Waals surface area contributed by atoms with Crippen molar-refractivity contribution in [1.29, 1.82) is 0 Å². The highest BCUT2D eigenvalue weighted by Gasteiger charge is 2.18. The Morgan fingerprint density at radius 3 is 2.47 bits per heavy atom. The van der Waals surface area contributed by atoms with Crippen LogP contribution in [0.1, 0.15) is 11.1 Å². The third-order valence-electron chi connectivity index (χ3n) is 4.85. The van der Waals surface area contributed by atoms with Gasteiger partial charge in [0.1, 0.15) is 5.75 Å². The normalized spacial score (nSPS) is 11.4. The van der Waals surface area contributed by atoms with Crippen LogP contribution in [0.3, 0.4) is 0 Å². The van der Waals surface area contributed by atoms with Crippen LogP contribution in [0.5, 0.6) is 5.75 Å². The summed E-state index contributed by atoms with van der Waals surface area (Å²) in [5, 5.41) is 13.9. The molecule has 30 heavy (non-hydrogen) atoms. The average Bonchev–Trinajstić information content (AvgIpc) is 3.08. The summed E-state index contributed by atoms with van der Waals surface area (Å²) in [7, 11) is 3.25. The van der Waals surface area contributed by atoms with Crippen molar-refractivity contribution in [3.05, 3.63) is 86.6 Å².